The highest BCUT2D eigenvalue weighted by Crippen LogP contribution is 2.26. The van der Waals surface area contributed by atoms with Gasteiger partial charge in [-0.25, -0.2) is 13.1 Å². The first kappa shape index (κ1) is 13.4. The van der Waals surface area contributed by atoms with Gasteiger partial charge in [-0.05, 0) is 18.2 Å². The summed E-state index contributed by atoms with van der Waals surface area (Å²) in [6.07, 6.45) is 3.19. The molecule has 7 heteroatoms. The third-order valence-electron chi connectivity index (χ3n) is 2.41. The Kier molecular flexibility index (Phi) is 3.96. The monoisotopic (exact) mass is 329 g/mol. The average Bonchev–Trinajstić information content (AvgIpc) is 2.35. The molecule has 0 atom stereocenters. The third kappa shape index (κ3) is 2.69. The summed E-state index contributed by atoms with van der Waals surface area (Å²) in [5, 5.41) is 1.40. The first-order valence-electron chi connectivity index (χ1n) is 5.27. The van der Waals surface area contributed by atoms with E-state index in [1.165, 1.54) is 0 Å². The summed E-state index contributed by atoms with van der Waals surface area (Å²) in [6.45, 7) is 0.466. The lowest BCUT2D eigenvalue weighted by atomic mass is 10.2. The Hall–Kier alpha value is -1.02. The molecule has 96 valence electrons. The van der Waals surface area contributed by atoms with Gasteiger partial charge in [0.25, 0.3) is 0 Å². The summed E-state index contributed by atoms with van der Waals surface area (Å²) < 4.78 is 27.4. The fraction of sp³-hybridized carbons (Fsp3) is 0.182. The molecule has 2 aromatic rings. The summed E-state index contributed by atoms with van der Waals surface area (Å²) in [5.74, 6) is 0. The standard InChI is InChI=1S/C11H12BrN3O2S/c12-9-5-8-7-14-3-1-10(8)11(6-9)18(16,17)15-4-2-13/h1,3,5-7,15H,2,4,13H2. The van der Waals surface area contributed by atoms with E-state index in [1.807, 2.05) is 6.07 Å². The molecule has 1 aromatic carbocycles. The second-order valence-corrected chi connectivity index (χ2v) is 6.34. The van der Waals surface area contributed by atoms with Crippen LogP contribution in [0.1, 0.15) is 0 Å². The van der Waals surface area contributed by atoms with Gasteiger partial charge in [-0.3, -0.25) is 4.98 Å². The van der Waals surface area contributed by atoms with Crippen LogP contribution in [0.25, 0.3) is 10.8 Å². The molecule has 1 heterocycles. The van der Waals surface area contributed by atoms with Crippen LogP contribution in [0.5, 0.6) is 0 Å². The van der Waals surface area contributed by atoms with Gasteiger partial charge < -0.3 is 5.73 Å². The lowest BCUT2D eigenvalue weighted by Gasteiger charge is -2.09. The molecule has 0 unspecified atom stereocenters. The number of nitrogens with two attached hydrogens (primary N) is 1. The molecule has 0 radical (unpaired) electrons. The van der Waals surface area contributed by atoms with E-state index in [4.69, 9.17) is 5.73 Å². The van der Waals surface area contributed by atoms with Crippen molar-refractivity contribution in [3.63, 3.8) is 0 Å². The van der Waals surface area contributed by atoms with E-state index < -0.39 is 10.0 Å². The normalized spacial score (nSPS) is 11.9. The van der Waals surface area contributed by atoms with Crippen LogP contribution in [-0.4, -0.2) is 26.5 Å². The number of benzene rings is 1. The molecule has 0 fully saturated rings. The molecule has 0 aliphatic carbocycles. The quantitative estimate of drug-likeness (QED) is 0.883. The van der Waals surface area contributed by atoms with Crippen LogP contribution in [0.3, 0.4) is 0 Å². The van der Waals surface area contributed by atoms with E-state index in [0.29, 0.717) is 9.86 Å². The van der Waals surface area contributed by atoms with Crippen molar-refractivity contribution in [3.8, 4) is 0 Å². The molecule has 0 aliphatic heterocycles. The van der Waals surface area contributed by atoms with E-state index in [-0.39, 0.29) is 18.0 Å². The number of nitrogens with one attached hydrogen (secondary N) is 1. The maximum Gasteiger partial charge on any atom is 0.241 e. The van der Waals surface area contributed by atoms with Crippen molar-refractivity contribution in [1.82, 2.24) is 9.71 Å². The number of hydrogen-bond donors (Lipinski definition) is 2. The van der Waals surface area contributed by atoms with Crippen molar-refractivity contribution in [3.05, 3.63) is 35.1 Å². The molecular weight excluding hydrogens is 318 g/mol. The molecule has 0 amide bonds. The second kappa shape index (κ2) is 5.31. The lowest BCUT2D eigenvalue weighted by Crippen LogP contribution is -2.29. The van der Waals surface area contributed by atoms with Crippen molar-refractivity contribution in [1.29, 1.82) is 0 Å². The van der Waals surface area contributed by atoms with E-state index in [1.54, 1.807) is 24.5 Å². The van der Waals surface area contributed by atoms with Crippen LogP contribution >= 0.6 is 15.9 Å². The van der Waals surface area contributed by atoms with Crippen LogP contribution < -0.4 is 10.5 Å². The highest BCUT2D eigenvalue weighted by Gasteiger charge is 2.17. The molecule has 3 N–H and O–H groups in total. The van der Waals surface area contributed by atoms with E-state index in [2.05, 4.69) is 25.6 Å². The van der Waals surface area contributed by atoms with Gasteiger partial charge in [-0.15, -0.1) is 0 Å². The largest absolute Gasteiger partial charge is 0.329 e. The summed E-state index contributed by atoms with van der Waals surface area (Å²) in [4.78, 5) is 4.21. The van der Waals surface area contributed by atoms with Gasteiger partial charge in [0, 0.05) is 40.7 Å². The SMILES string of the molecule is NCCNS(=O)(=O)c1cc(Br)cc2cnccc12. The molecule has 1 aromatic heterocycles. The molecule has 0 bridgehead atoms. The molecule has 0 spiro atoms. The predicted octanol–water partition coefficient (Wildman–Crippen LogP) is 1.23. The fourth-order valence-corrected chi connectivity index (χ4v) is 3.56. The molecule has 5 nitrogen and oxygen atoms in total. The Balaban J connectivity index is 2.63. The molecule has 0 saturated carbocycles. The third-order valence-corrected chi connectivity index (χ3v) is 4.36. The number of nitrogens with zero attached hydrogens (tertiary/aromatic N) is 1. The van der Waals surface area contributed by atoms with E-state index >= 15 is 0 Å². The number of fused-ring (bicyclic) bond motifs is 1. The minimum atomic E-state index is -3.56. The lowest BCUT2D eigenvalue weighted by molar-refractivity contribution is 0.583. The summed E-state index contributed by atoms with van der Waals surface area (Å²) >= 11 is 3.30. The topological polar surface area (TPSA) is 85.1 Å². The van der Waals surface area contributed by atoms with Gasteiger partial charge >= 0.3 is 0 Å². The molecular formula is C11H12BrN3O2S. The van der Waals surface area contributed by atoms with Crippen molar-refractivity contribution < 1.29 is 8.42 Å². The number of pyridine rings is 1. The summed E-state index contributed by atoms with van der Waals surface area (Å²) in [7, 11) is -3.56. The van der Waals surface area contributed by atoms with Crippen LogP contribution in [0, 0.1) is 0 Å². The van der Waals surface area contributed by atoms with Crippen molar-refractivity contribution in [2.45, 2.75) is 4.90 Å². The number of rotatable bonds is 4. The summed E-state index contributed by atoms with van der Waals surface area (Å²) in [6, 6.07) is 5.07. The van der Waals surface area contributed by atoms with Gasteiger partial charge in [-0.1, -0.05) is 15.9 Å². The van der Waals surface area contributed by atoms with Gasteiger partial charge in [0.1, 0.15) is 0 Å². The van der Waals surface area contributed by atoms with Crippen molar-refractivity contribution in [2.75, 3.05) is 13.1 Å². The van der Waals surface area contributed by atoms with Gasteiger partial charge in [0.2, 0.25) is 10.0 Å². The first-order valence-corrected chi connectivity index (χ1v) is 7.55. The van der Waals surface area contributed by atoms with Crippen molar-refractivity contribution >= 4 is 36.7 Å². The zero-order valence-electron chi connectivity index (χ0n) is 9.43. The van der Waals surface area contributed by atoms with E-state index in [0.717, 1.165) is 5.39 Å². The molecule has 0 saturated heterocycles. The minimum Gasteiger partial charge on any atom is -0.329 e. The Morgan fingerprint density at radius 1 is 1.39 bits per heavy atom. The zero-order valence-corrected chi connectivity index (χ0v) is 11.8. The van der Waals surface area contributed by atoms with Crippen LogP contribution in [0.4, 0.5) is 0 Å². The van der Waals surface area contributed by atoms with Gasteiger partial charge in [0.15, 0.2) is 0 Å². The Bertz CT molecular complexity index is 673. The first-order chi connectivity index (χ1) is 8.54. The maximum atomic E-state index is 12.1. The number of sulfonamides is 1. The predicted molar refractivity (Wildman–Crippen MR) is 73.7 cm³/mol. The highest BCUT2D eigenvalue weighted by molar-refractivity contribution is 9.10. The number of aromatic nitrogens is 1. The van der Waals surface area contributed by atoms with Gasteiger partial charge in [0.05, 0.1) is 4.90 Å². The number of halogens is 1. The summed E-state index contributed by atoms with van der Waals surface area (Å²) in [5.41, 5.74) is 5.31. The molecule has 18 heavy (non-hydrogen) atoms. The van der Waals surface area contributed by atoms with Gasteiger partial charge in [-0.2, -0.15) is 0 Å². The van der Waals surface area contributed by atoms with Crippen molar-refractivity contribution in [2.24, 2.45) is 5.73 Å². The Morgan fingerprint density at radius 2 is 2.17 bits per heavy atom. The smallest absolute Gasteiger partial charge is 0.241 e. The molecule has 2 rings (SSSR count). The van der Waals surface area contributed by atoms with E-state index in [9.17, 15) is 8.42 Å². The number of hydrogen-bond acceptors (Lipinski definition) is 4. The average molecular weight is 330 g/mol. The van der Waals surface area contributed by atoms with Crippen LogP contribution in [0.2, 0.25) is 0 Å². The minimum absolute atomic E-state index is 0.210. The maximum absolute atomic E-state index is 12.1. The second-order valence-electron chi connectivity index (χ2n) is 3.69. The fourth-order valence-electron chi connectivity index (χ4n) is 1.63. The molecule has 0 aliphatic rings. The Morgan fingerprint density at radius 3 is 2.89 bits per heavy atom. The van der Waals surface area contributed by atoms with Crippen LogP contribution in [-0.2, 0) is 10.0 Å². The highest BCUT2D eigenvalue weighted by atomic mass is 79.9. The van der Waals surface area contributed by atoms with Crippen LogP contribution in [0.15, 0.2) is 40.0 Å². The Labute approximate surface area is 114 Å². The zero-order chi connectivity index (χ0) is 13.2.